The zero-order chi connectivity index (χ0) is 18.1. The number of allylic oxidation sites excluding steroid dienone is 1. The molecule has 3 nitrogen and oxygen atoms in total. The molecule has 2 aromatic carbocycles. The lowest BCUT2D eigenvalue weighted by Crippen LogP contribution is -2.04. The molecule has 0 unspecified atom stereocenters. The zero-order valence-corrected chi connectivity index (χ0v) is 15.6. The summed E-state index contributed by atoms with van der Waals surface area (Å²) in [7, 11) is 0. The topological polar surface area (TPSA) is 45.8 Å². The van der Waals surface area contributed by atoms with E-state index >= 15 is 0 Å². The van der Waals surface area contributed by atoms with E-state index in [1.54, 1.807) is 35.6 Å². The van der Waals surface area contributed by atoms with E-state index in [9.17, 15) is 4.79 Å². The number of benzene rings is 2. The van der Waals surface area contributed by atoms with Crippen LogP contribution in [-0.4, -0.2) is 15.8 Å². The number of rotatable bonds is 4. The summed E-state index contributed by atoms with van der Waals surface area (Å²) < 4.78 is 0. The van der Waals surface area contributed by atoms with Gasteiger partial charge in [0.2, 0.25) is 0 Å². The quantitative estimate of drug-likeness (QED) is 0.349. The van der Waals surface area contributed by atoms with Crippen LogP contribution in [0.1, 0.15) is 26.6 Å². The van der Waals surface area contributed by atoms with E-state index in [0.717, 1.165) is 21.5 Å². The summed E-state index contributed by atoms with van der Waals surface area (Å²) in [5.74, 6) is 0.448. The number of para-hydroxylation sites is 2. The van der Waals surface area contributed by atoms with Gasteiger partial charge < -0.3 is 4.98 Å². The Kier molecular flexibility index (Phi) is 4.45. The van der Waals surface area contributed by atoms with Gasteiger partial charge in [-0.25, -0.2) is 4.98 Å². The number of thiophene rings is 1. The lowest BCUT2D eigenvalue weighted by atomic mass is 10.0. The molecule has 0 aliphatic rings. The number of H-pyrrole nitrogens is 1. The summed E-state index contributed by atoms with van der Waals surface area (Å²) in [5.41, 5.74) is 3.92. The minimum Gasteiger partial charge on any atom is -0.338 e. The number of Topliss-reactive ketones (excluding diaryl/α,β-unsaturated/α-hetero) is 1. The fourth-order valence-corrected chi connectivity index (χ4v) is 3.82. The highest BCUT2D eigenvalue weighted by molar-refractivity contribution is 7.11. The van der Waals surface area contributed by atoms with E-state index in [2.05, 4.69) is 9.97 Å². The molecule has 0 aliphatic heterocycles. The third-order valence-electron chi connectivity index (χ3n) is 4.15. The van der Waals surface area contributed by atoms with Gasteiger partial charge in [0, 0.05) is 15.5 Å². The van der Waals surface area contributed by atoms with E-state index in [4.69, 9.17) is 11.6 Å². The number of fused-ring (bicyclic) bond motifs is 1. The van der Waals surface area contributed by atoms with Gasteiger partial charge in [-0.1, -0.05) is 35.9 Å². The first-order valence-electron chi connectivity index (χ1n) is 8.13. The van der Waals surface area contributed by atoms with Crippen molar-refractivity contribution in [1.82, 2.24) is 9.97 Å². The van der Waals surface area contributed by atoms with Crippen molar-refractivity contribution in [3.63, 3.8) is 0 Å². The van der Waals surface area contributed by atoms with E-state index in [-0.39, 0.29) is 5.78 Å². The van der Waals surface area contributed by atoms with E-state index in [1.165, 1.54) is 0 Å². The van der Waals surface area contributed by atoms with Crippen molar-refractivity contribution in [2.24, 2.45) is 0 Å². The number of hydrogen-bond donors (Lipinski definition) is 1. The van der Waals surface area contributed by atoms with Gasteiger partial charge in [-0.05, 0) is 54.3 Å². The first-order valence-corrected chi connectivity index (χ1v) is 9.39. The van der Waals surface area contributed by atoms with Gasteiger partial charge >= 0.3 is 0 Å². The average molecular weight is 379 g/mol. The second-order valence-corrected chi connectivity index (χ2v) is 7.35. The lowest BCUT2D eigenvalue weighted by Gasteiger charge is -2.05. The monoisotopic (exact) mass is 378 g/mol. The number of hydrogen-bond acceptors (Lipinski definition) is 3. The van der Waals surface area contributed by atoms with E-state index < -0.39 is 0 Å². The number of carbonyl (C=O) groups is 1. The number of imidazole rings is 1. The number of ketones is 1. The van der Waals surface area contributed by atoms with Crippen LogP contribution in [0.3, 0.4) is 0 Å². The van der Waals surface area contributed by atoms with Crippen molar-refractivity contribution in [1.29, 1.82) is 0 Å². The number of nitrogens with zero attached hydrogens (tertiary/aromatic N) is 1. The Morgan fingerprint density at radius 2 is 2.00 bits per heavy atom. The predicted molar refractivity (Wildman–Crippen MR) is 109 cm³/mol. The molecule has 0 fully saturated rings. The summed E-state index contributed by atoms with van der Waals surface area (Å²) in [6.07, 6.45) is 1.90. The van der Waals surface area contributed by atoms with Crippen LogP contribution < -0.4 is 0 Å². The minimum atomic E-state index is -0.112. The highest BCUT2D eigenvalue weighted by Gasteiger charge is 2.19. The van der Waals surface area contributed by atoms with E-state index in [1.807, 2.05) is 48.7 Å². The Bertz CT molecular complexity index is 1110. The number of nitrogens with one attached hydrogen (secondary N) is 1. The molecule has 0 amide bonds. The maximum atomic E-state index is 13.2. The maximum Gasteiger partial charge on any atom is 0.196 e. The molecule has 0 atom stereocenters. The summed E-state index contributed by atoms with van der Waals surface area (Å²) in [4.78, 5) is 22.2. The minimum absolute atomic E-state index is 0.112. The smallest absolute Gasteiger partial charge is 0.196 e. The summed E-state index contributed by atoms with van der Waals surface area (Å²) >= 11 is 7.68. The Morgan fingerprint density at radius 3 is 2.73 bits per heavy atom. The van der Waals surface area contributed by atoms with Crippen LogP contribution in [0.25, 0.3) is 22.7 Å². The molecule has 4 aromatic rings. The summed E-state index contributed by atoms with van der Waals surface area (Å²) in [6, 6.07) is 16.8. The molecular weight excluding hydrogens is 364 g/mol. The molecule has 0 saturated carbocycles. The van der Waals surface area contributed by atoms with Gasteiger partial charge in [0.05, 0.1) is 16.6 Å². The predicted octanol–water partition coefficient (Wildman–Crippen LogP) is 6.01. The Labute approximate surface area is 160 Å². The lowest BCUT2D eigenvalue weighted by molar-refractivity contribution is 0.105. The molecule has 4 rings (SSSR count). The second-order valence-electron chi connectivity index (χ2n) is 5.97. The number of carbonyl (C=O) groups excluding carboxylic acids is 1. The van der Waals surface area contributed by atoms with Crippen LogP contribution in [0.4, 0.5) is 0 Å². The third kappa shape index (κ3) is 3.21. The van der Waals surface area contributed by atoms with Crippen molar-refractivity contribution in [2.75, 3.05) is 0 Å². The van der Waals surface area contributed by atoms with Crippen LogP contribution in [0, 0.1) is 6.92 Å². The molecule has 0 radical (unpaired) electrons. The molecule has 2 aromatic heterocycles. The average Bonchev–Trinajstić information content (AvgIpc) is 3.24. The number of aromatic amines is 1. The molecule has 0 aliphatic carbocycles. The van der Waals surface area contributed by atoms with Gasteiger partial charge in [-0.3, -0.25) is 4.79 Å². The molecule has 128 valence electrons. The number of aryl methyl sites for hydroxylation is 1. The van der Waals surface area contributed by atoms with Crippen molar-refractivity contribution in [2.45, 2.75) is 6.92 Å². The summed E-state index contributed by atoms with van der Waals surface area (Å²) in [6.45, 7) is 2.03. The van der Waals surface area contributed by atoms with Gasteiger partial charge in [-0.15, -0.1) is 11.3 Å². The van der Waals surface area contributed by atoms with Crippen LogP contribution >= 0.6 is 22.9 Å². The van der Waals surface area contributed by atoms with Crippen molar-refractivity contribution in [3.8, 4) is 0 Å². The molecule has 0 spiro atoms. The molecule has 5 heteroatoms. The highest BCUT2D eigenvalue weighted by atomic mass is 35.5. The molecule has 2 heterocycles. The Hall–Kier alpha value is -2.69. The number of halogens is 1. The Balaban J connectivity index is 1.88. The maximum absolute atomic E-state index is 13.2. The highest BCUT2D eigenvalue weighted by Crippen LogP contribution is 2.27. The molecule has 0 saturated heterocycles. The van der Waals surface area contributed by atoms with Crippen molar-refractivity contribution >= 4 is 51.4 Å². The second kappa shape index (κ2) is 6.90. The van der Waals surface area contributed by atoms with Gasteiger partial charge in [0.25, 0.3) is 0 Å². The van der Waals surface area contributed by atoms with Crippen molar-refractivity contribution < 1.29 is 4.79 Å². The van der Waals surface area contributed by atoms with Crippen molar-refractivity contribution in [3.05, 3.63) is 86.8 Å². The zero-order valence-electron chi connectivity index (χ0n) is 14.0. The van der Waals surface area contributed by atoms with Crippen LogP contribution in [0.5, 0.6) is 0 Å². The fraction of sp³-hybridized carbons (Fsp3) is 0.0476. The normalized spacial score (nSPS) is 11.8. The first kappa shape index (κ1) is 16.8. The van der Waals surface area contributed by atoms with Crippen LogP contribution in [0.2, 0.25) is 5.02 Å². The molecule has 1 N–H and O–H groups in total. The summed E-state index contributed by atoms with van der Waals surface area (Å²) in [5, 5.41) is 2.55. The molecule has 0 bridgehead atoms. The standard InChI is InChI=1S/C21H15ClN2OS/c1-13-9-10-26-19(13)12-16(20(25)14-5-4-6-15(22)11-14)21-23-17-7-2-3-8-18(17)24-21/h2-12H,1H3,(H,23,24). The Morgan fingerprint density at radius 1 is 1.15 bits per heavy atom. The van der Waals surface area contributed by atoms with Gasteiger partial charge in [0.15, 0.2) is 5.78 Å². The molecule has 26 heavy (non-hydrogen) atoms. The van der Waals surface area contributed by atoms with Crippen LogP contribution in [0.15, 0.2) is 60.0 Å². The molecular formula is C21H15ClN2OS. The largest absolute Gasteiger partial charge is 0.338 e. The van der Waals surface area contributed by atoms with Crippen LogP contribution in [-0.2, 0) is 0 Å². The first-order chi connectivity index (χ1) is 12.6. The SMILES string of the molecule is Cc1ccsc1C=C(C(=O)c1cccc(Cl)c1)c1nc2ccccc2[nH]1. The van der Waals surface area contributed by atoms with Gasteiger partial charge in [-0.2, -0.15) is 0 Å². The van der Waals surface area contributed by atoms with E-state index in [0.29, 0.717) is 22.0 Å². The third-order valence-corrected chi connectivity index (χ3v) is 5.35. The number of aromatic nitrogens is 2. The fourth-order valence-electron chi connectivity index (χ4n) is 2.77. The van der Waals surface area contributed by atoms with Gasteiger partial charge in [0.1, 0.15) is 5.82 Å².